The van der Waals surface area contributed by atoms with E-state index < -0.39 is 6.10 Å². The molecule has 2 atom stereocenters. The Balaban J connectivity index is 1.57. The summed E-state index contributed by atoms with van der Waals surface area (Å²) in [5.41, 5.74) is 2.05. The molecule has 1 aliphatic rings. The monoisotopic (exact) mass is 402 g/mol. The zero-order chi connectivity index (χ0) is 19.3. The number of carbonyl (C=O) groups excluding carboxylic acids is 1. The maximum atomic E-state index is 12.6. The fraction of sp³-hybridized carbons (Fsp3) is 0.450. The predicted molar refractivity (Wildman–Crippen MR) is 109 cm³/mol. The first-order valence-electron chi connectivity index (χ1n) is 9.16. The van der Waals surface area contributed by atoms with Crippen LogP contribution in [0.5, 0.6) is 0 Å². The van der Waals surface area contributed by atoms with Gasteiger partial charge >= 0.3 is 5.97 Å². The van der Waals surface area contributed by atoms with Gasteiger partial charge in [-0.05, 0) is 63.1 Å². The summed E-state index contributed by atoms with van der Waals surface area (Å²) in [7, 11) is 0. The summed E-state index contributed by atoms with van der Waals surface area (Å²) in [4.78, 5) is 36.0. The molecule has 142 valence electrons. The average Bonchev–Trinajstić information content (AvgIpc) is 3.15. The van der Waals surface area contributed by atoms with Gasteiger partial charge in [-0.15, -0.1) is 22.7 Å². The molecule has 0 amide bonds. The molecule has 0 bridgehead atoms. The van der Waals surface area contributed by atoms with Crippen LogP contribution in [0.4, 0.5) is 0 Å². The lowest BCUT2D eigenvalue weighted by Gasteiger charge is -2.16. The van der Waals surface area contributed by atoms with Gasteiger partial charge in [0.15, 0.2) is 11.9 Å². The van der Waals surface area contributed by atoms with Crippen LogP contribution in [0.3, 0.4) is 0 Å². The van der Waals surface area contributed by atoms with Crippen LogP contribution in [0, 0.1) is 19.8 Å². The molecule has 0 spiro atoms. The number of nitrogens with one attached hydrogen (secondary N) is 1. The highest BCUT2D eigenvalue weighted by Gasteiger charge is 2.24. The molecule has 0 unspecified atom stereocenters. The van der Waals surface area contributed by atoms with Crippen LogP contribution in [-0.2, 0) is 17.6 Å². The Kier molecular flexibility index (Phi) is 4.68. The summed E-state index contributed by atoms with van der Waals surface area (Å²) in [6.07, 6.45) is 2.61. The Labute approximate surface area is 165 Å². The summed E-state index contributed by atoms with van der Waals surface area (Å²) >= 11 is 3.02. The molecule has 5 nitrogen and oxygen atoms in total. The molecule has 0 fully saturated rings. The highest BCUT2D eigenvalue weighted by atomic mass is 32.1. The van der Waals surface area contributed by atoms with E-state index in [1.807, 2.05) is 19.9 Å². The number of nitrogens with zero attached hydrogens (tertiary/aromatic N) is 1. The Morgan fingerprint density at radius 2 is 2.15 bits per heavy atom. The van der Waals surface area contributed by atoms with Gasteiger partial charge in [-0.2, -0.15) is 0 Å². The molecule has 1 N–H and O–H groups in total. The van der Waals surface area contributed by atoms with Crippen LogP contribution in [0.25, 0.3) is 10.2 Å². The molecular formula is C20H22N2O3S2. The highest BCUT2D eigenvalue weighted by Crippen LogP contribution is 2.33. The molecule has 0 aromatic carbocycles. The van der Waals surface area contributed by atoms with Crippen molar-refractivity contribution < 1.29 is 9.53 Å². The second-order valence-corrected chi connectivity index (χ2v) is 9.71. The molecule has 3 heterocycles. The second-order valence-electron chi connectivity index (χ2n) is 7.37. The number of thiophene rings is 2. The van der Waals surface area contributed by atoms with Crippen LogP contribution in [-0.4, -0.2) is 15.9 Å². The van der Waals surface area contributed by atoms with E-state index in [2.05, 4.69) is 16.9 Å². The van der Waals surface area contributed by atoms with Crippen LogP contribution < -0.4 is 5.56 Å². The number of esters is 1. The van der Waals surface area contributed by atoms with Gasteiger partial charge < -0.3 is 9.72 Å². The fourth-order valence-electron chi connectivity index (χ4n) is 3.54. The van der Waals surface area contributed by atoms with Gasteiger partial charge in [-0.25, -0.2) is 9.78 Å². The van der Waals surface area contributed by atoms with Gasteiger partial charge in [-0.3, -0.25) is 4.79 Å². The van der Waals surface area contributed by atoms with E-state index >= 15 is 0 Å². The topological polar surface area (TPSA) is 72.0 Å². The zero-order valence-corrected chi connectivity index (χ0v) is 17.5. The minimum Gasteiger partial charge on any atom is -0.450 e. The maximum Gasteiger partial charge on any atom is 0.349 e. The number of hydrogen-bond acceptors (Lipinski definition) is 6. The first-order chi connectivity index (χ1) is 12.8. The third-order valence-electron chi connectivity index (χ3n) is 5.26. The predicted octanol–water partition coefficient (Wildman–Crippen LogP) is 4.71. The van der Waals surface area contributed by atoms with Gasteiger partial charge in [0.2, 0.25) is 0 Å². The van der Waals surface area contributed by atoms with Crippen molar-refractivity contribution in [1.82, 2.24) is 9.97 Å². The number of fused-ring (bicyclic) bond motifs is 2. The zero-order valence-electron chi connectivity index (χ0n) is 15.8. The molecular weight excluding hydrogens is 380 g/mol. The fourth-order valence-corrected chi connectivity index (χ4v) is 5.67. The van der Waals surface area contributed by atoms with Gasteiger partial charge in [0, 0.05) is 9.75 Å². The number of carbonyl (C=O) groups is 1. The third-order valence-corrected chi connectivity index (χ3v) is 7.57. The Morgan fingerprint density at radius 1 is 1.37 bits per heavy atom. The first-order valence-corrected chi connectivity index (χ1v) is 10.8. The van der Waals surface area contributed by atoms with Crippen LogP contribution >= 0.6 is 22.7 Å². The van der Waals surface area contributed by atoms with E-state index in [1.165, 1.54) is 39.5 Å². The van der Waals surface area contributed by atoms with Crippen molar-refractivity contribution in [1.29, 1.82) is 0 Å². The summed E-state index contributed by atoms with van der Waals surface area (Å²) in [5, 5.41) is 0.625. The first kappa shape index (κ1) is 18.4. The molecule has 0 saturated carbocycles. The quantitative estimate of drug-likeness (QED) is 0.644. The average molecular weight is 403 g/mol. The standard InChI is InChI=1S/C20H22N2O3S2/c1-9-5-6-14-13(7-9)8-15(27-14)20(24)25-11(3)17-21-18(23)16-10(2)12(4)26-19(16)22-17/h8-9,11H,5-7H2,1-4H3,(H,21,22,23)/t9-,11+/m1/s1. The Bertz CT molecular complexity index is 1090. The summed E-state index contributed by atoms with van der Waals surface area (Å²) in [5.74, 6) is 0.696. The lowest BCUT2D eigenvalue weighted by molar-refractivity contribution is 0.0326. The van der Waals surface area contributed by atoms with E-state index in [4.69, 9.17) is 4.74 Å². The normalized spacial score (nSPS) is 17.7. The number of aryl methyl sites for hydroxylation is 3. The SMILES string of the molecule is Cc1sc2nc([C@H](C)OC(=O)c3cc4c(s3)CC[C@@H](C)C4)[nH]c(=O)c2c1C. The molecule has 4 rings (SSSR count). The van der Waals surface area contributed by atoms with Crippen LogP contribution in [0.2, 0.25) is 0 Å². The third kappa shape index (κ3) is 3.34. The molecule has 0 radical (unpaired) electrons. The van der Waals surface area contributed by atoms with Crippen molar-refractivity contribution in [3.8, 4) is 0 Å². The Morgan fingerprint density at radius 3 is 2.93 bits per heavy atom. The number of aromatic nitrogens is 2. The minimum atomic E-state index is -0.615. The van der Waals surface area contributed by atoms with Crippen molar-refractivity contribution in [2.75, 3.05) is 0 Å². The van der Waals surface area contributed by atoms with Crippen molar-refractivity contribution in [3.63, 3.8) is 0 Å². The molecule has 3 aromatic rings. The van der Waals surface area contributed by atoms with E-state index in [0.29, 0.717) is 26.8 Å². The smallest absolute Gasteiger partial charge is 0.349 e. The van der Waals surface area contributed by atoms with Gasteiger partial charge in [0.05, 0.1) is 5.39 Å². The summed E-state index contributed by atoms with van der Waals surface area (Å²) < 4.78 is 5.61. The number of aromatic amines is 1. The van der Waals surface area contributed by atoms with E-state index in [0.717, 1.165) is 23.3 Å². The molecule has 27 heavy (non-hydrogen) atoms. The van der Waals surface area contributed by atoms with Crippen LogP contribution in [0.1, 0.15) is 62.7 Å². The van der Waals surface area contributed by atoms with E-state index in [9.17, 15) is 9.59 Å². The highest BCUT2D eigenvalue weighted by molar-refractivity contribution is 7.18. The molecule has 1 aliphatic carbocycles. The molecule has 7 heteroatoms. The van der Waals surface area contributed by atoms with E-state index in [-0.39, 0.29) is 11.5 Å². The summed E-state index contributed by atoms with van der Waals surface area (Å²) in [6, 6.07) is 1.97. The van der Waals surface area contributed by atoms with Crippen LogP contribution in [0.15, 0.2) is 10.9 Å². The van der Waals surface area contributed by atoms with Gasteiger partial charge in [0.25, 0.3) is 5.56 Å². The lowest BCUT2D eigenvalue weighted by Crippen LogP contribution is -2.17. The van der Waals surface area contributed by atoms with Crippen molar-refractivity contribution >= 4 is 38.9 Å². The van der Waals surface area contributed by atoms with Gasteiger partial charge in [0.1, 0.15) is 9.71 Å². The molecule has 3 aromatic heterocycles. The number of rotatable bonds is 3. The van der Waals surface area contributed by atoms with Crippen molar-refractivity contribution in [2.45, 2.75) is 53.1 Å². The second kappa shape index (κ2) is 6.87. The minimum absolute atomic E-state index is 0.180. The molecule has 0 aliphatic heterocycles. The van der Waals surface area contributed by atoms with Crippen molar-refractivity contribution in [2.24, 2.45) is 5.92 Å². The van der Waals surface area contributed by atoms with E-state index in [1.54, 1.807) is 6.92 Å². The number of ether oxygens (including phenoxy) is 1. The number of hydrogen-bond donors (Lipinski definition) is 1. The van der Waals surface area contributed by atoms with Gasteiger partial charge in [-0.1, -0.05) is 6.92 Å². The lowest BCUT2D eigenvalue weighted by atomic mass is 9.90. The number of H-pyrrole nitrogens is 1. The molecule has 0 saturated heterocycles. The maximum absolute atomic E-state index is 12.6. The summed E-state index contributed by atoms with van der Waals surface area (Å²) in [6.45, 7) is 7.88. The largest absolute Gasteiger partial charge is 0.450 e. The Hall–Kier alpha value is -1.99. The van der Waals surface area contributed by atoms with Crippen molar-refractivity contribution in [3.05, 3.63) is 48.0 Å².